The number of likely N-dealkylation sites (tertiary alicyclic amines) is 1. The van der Waals surface area contributed by atoms with Gasteiger partial charge in [0.25, 0.3) is 0 Å². The highest BCUT2D eigenvalue weighted by Crippen LogP contribution is 2.30. The minimum absolute atomic E-state index is 0.168. The first-order valence-corrected chi connectivity index (χ1v) is 9.14. The molecule has 0 aromatic heterocycles. The van der Waals surface area contributed by atoms with Gasteiger partial charge in [-0.3, -0.25) is 9.69 Å². The van der Waals surface area contributed by atoms with Crippen LogP contribution in [-0.4, -0.2) is 23.9 Å². The van der Waals surface area contributed by atoms with Gasteiger partial charge < -0.3 is 5.32 Å². The van der Waals surface area contributed by atoms with Crippen LogP contribution in [0.4, 0.5) is 18.9 Å². The molecule has 2 aromatic carbocycles. The molecule has 1 saturated heterocycles. The number of anilines is 1. The Morgan fingerprint density at radius 1 is 1.15 bits per heavy atom. The number of amides is 1. The second kappa shape index (κ2) is 8.31. The van der Waals surface area contributed by atoms with E-state index < -0.39 is 11.7 Å². The zero-order valence-electron chi connectivity index (χ0n) is 14.6. The van der Waals surface area contributed by atoms with Crippen LogP contribution in [0.15, 0.2) is 48.5 Å². The highest BCUT2D eigenvalue weighted by atomic mass is 35.5. The first-order chi connectivity index (χ1) is 12.8. The van der Waals surface area contributed by atoms with E-state index in [0.29, 0.717) is 23.8 Å². The van der Waals surface area contributed by atoms with Gasteiger partial charge in [-0.25, -0.2) is 0 Å². The van der Waals surface area contributed by atoms with E-state index in [9.17, 15) is 18.0 Å². The van der Waals surface area contributed by atoms with Gasteiger partial charge in [0.1, 0.15) is 0 Å². The molecular formula is C20H20ClF3N2O. The van der Waals surface area contributed by atoms with E-state index in [2.05, 4.69) is 10.2 Å². The molecule has 1 aliphatic rings. The van der Waals surface area contributed by atoms with Crippen LogP contribution in [-0.2, 0) is 17.5 Å². The van der Waals surface area contributed by atoms with E-state index in [1.54, 1.807) is 0 Å². The van der Waals surface area contributed by atoms with Gasteiger partial charge in [0.05, 0.1) is 11.5 Å². The van der Waals surface area contributed by atoms with Crippen molar-refractivity contribution < 1.29 is 18.0 Å². The zero-order chi connectivity index (χ0) is 19.4. The first-order valence-electron chi connectivity index (χ1n) is 8.77. The number of benzene rings is 2. The number of rotatable bonds is 4. The van der Waals surface area contributed by atoms with Gasteiger partial charge in [-0.15, -0.1) is 0 Å². The molecule has 1 fully saturated rings. The van der Waals surface area contributed by atoms with Gasteiger partial charge in [0.15, 0.2) is 0 Å². The van der Waals surface area contributed by atoms with Crippen LogP contribution in [0.1, 0.15) is 24.0 Å². The van der Waals surface area contributed by atoms with E-state index in [-0.39, 0.29) is 11.8 Å². The molecule has 7 heteroatoms. The number of carbonyl (C=O) groups excluding carboxylic acids is 1. The van der Waals surface area contributed by atoms with Crippen molar-refractivity contribution in [3.63, 3.8) is 0 Å². The quantitative estimate of drug-likeness (QED) is 0.769. The van der Waals surface area contributed by atoms with Gasteiger partial charge in [-0.2, -0.15) is 13.2 Å². The lowest BCUT2D eigenvalue weighted by Crippen LogP contribution is -2.40. The highest BCUT2D eigenvalue weighted by molar-refractivity contribution is 6.31. The molecule has 0 radical (unpaired) electrons. The Kier molecular flexibility index (Phi) is 6.07. The summed E-state index contributed by atoms with van der Waals surface area (Å²) in [5.41, 5.74) is 0.656. The summed E-state index contributed by atoms with van der Waals surface area (Å²) in [6, 6.07) is 12.1. The lowest BCUT2D eigenvalue weighted by molar-refractivity contribution is -0.137. The van der Waals surface area contributed by atoms with Gasteiger partial charge in [-0.05, 0) is 55.3 Å². The monoisotopic (exact) mass is 396 g/mol. The van der Waals surface area contributed by atoms with Crippen molar-refractivity contribution in [2.24, 2.45) is 5.92 Å². The minimum atomic E-state index is -4.38. The fourth-order valence-corrected chi connectivity index (χ4v) is 3.46. The number of hydrogen-bond donors (Lipinski definition) is 1. The van der Waals surface area contributed by atoms with Crippen molar-refractivity contribution in [1.29, 1.82) is 0 Å². The molecule has 1 N–H and O–H groups in total. The fraction of sp³-hybridized carbons (Fsp3) is 0.350. The van der Waals surface area contributed by atoms with E-state index >= 15 is 0 Å². The number of nitrogens with one attached hydrogen (secondary N) is 1. The van der Waals surface area contributed by atoms with Crippen molar-refractivity contribution in [2.75, 3.05) is 18.4 Å². The third-order valence-corrected chi connectivity index (χ3v) is 5.08. The molecule has 0 saturated carbocycles. The third-order valence-electron chi connectivity index (χ3n) is 4.71. The summed E-state index contributed by atoms with van der Waals surface area (Å²) in [4.78, 5) is 14.7. The van der Waals surface area contributed by atoms with Crippen molar-refractivity contribution in [3.05, 3.63) is 64.7 Å². The smallest absolute Gasteiger partial charge is 0.326 e. The molecular weight excluding hydrogens is 377 g/mol. The van der Waals surface area contributed by atoms with E-state index in [4.69, 9.17) is 11.6 Å². The third kappa shape index (κ3) is 5.23. The number of carbonyl (C=O) groups is 1. The fourth-order valence-electron chi connectivity index (χ4n) is 3.27. The number of nitrogens with zero attached hydrogens (tertiary/aromatic N) is 1. The molecule has 3 nitrogen and oxygen atoms in total. The van der Waals surface area contributed by atoms with Gasteiger partial charge in [-0.1, -0.05) is 29.8 Å². The second-order valence-electron chi connectivity index (χ2n) is 6.73. The van der Waals surface area contributed by atoms with Crippen molar-refractivity contribution in [3.8, 4) is 0 Å². The molecule has 0 bridgehead atoms. The number of alkyl halides is 3. The largest absolute Gasteiger partial charge is 0.416 e. The van der Waals surface area contributed by atoms with E-state index in [1.807, 2.05) is 24.3 Å². The van der Waals surface area contributed by atoms with Gasteiger partial charge in [0, 0.05) is 23.8 Å². The van der Waals surface area contributed by atoms with Crippen LogP contribution in [0.5, 0.6) is 0 Å². The average molecular weight is 397 g/mol. The molecule has 0 spiro atoms. The Morgan fingerprint density at radius 3 is 2.52 bits per heavy atom. The van der Waals surface area contributed by atoms with E-state index in [0.717, 1.165) is 37.1 Å². The maximum Gasteiger partial charge on any atom is 0.416 e. The Morgan fingerprint density at radius 2 is 1.85 bits per heavy atom. The van der Waals surface area contributed by atoms with Gasteiger partial charge in [0.2, 0.25) is 5.91 Å². The average Bonchev–Trinajstić information content (AvgIpc) is 2.63. The standard InChI is InChI=1S/C20H20ClF3N2O/c21-18-6-2-1-4-14(18)12-26-11-3-5-15(13-26)19(27)25-17-9-7-16(8-10-17)20(22,23)24/h1-2,4,6-10,15H,3,5,11-13H2,(H,25,27)/t15-/m0/s1. The van der Waals surface area contributed by atoms with Crippen molar-refractivity contribution in [2.45, 2.75) is 25.6 Å². The van der Waals surface area contributed by atoms with Gasteiger partial charge >= 0.3 is 6.18 Å². The van der Waals surface area contributed by atoms with E-state index in [1.165, 1.54) is 12.1 Å². The molecule has 1 atom stereocenters. The molecule has 3 rings (SSSR count). The summed E-state index contributed by atoms with van der Waals surface area (Å²) in [7, 11) is 0. The second-order valence-corrected chi connectivity index (χ2v) is 7.14. The summed E-state index contributed by atoms with van der Waals surface area (Å²) in [5.74, 6) is -0.373. The number of hydrogen-bond acceptors (Lipinski definition) is 2. The summed E-state index contributed by atoms with van der Waals surface area (Å²) < 4.78 is 37.9. The predicted octanol–water partition coefficient (Wildman–Crippen LogP) is 5.21. The molecule has 0 unspecified atom stereocenters. The van der Waals surface area contributed by atoms with Crippen LogP contribution in [0, 0.1) is 5.92 Å². The van der Waals surface area contributed by atoms with Crippen molar-refractivity contribution in [1.82, 2.24) is 4.90 Å². The number of halogens is 4. The number of piperidine rings is 1. The van der Waals surface area contributed by atoms with Crippen molar-refractivity contribution >= 4 is 23.2 Å². The summed E-state index contributed by atoms with van der Waals surface area (Å²) in [5, 5.41) is 3.43. The highest BCUT2D eigenvalue weighted by Gasteiger charge is 2.30. The van der Waals surface area contributed by atoms with Crippen LogP contribution in [0.25, 0.3) is 0 Å². The summed E-state index contributed by atoms with van der Waals surface area (Å²) in [6.45, 7) is 2.15. The zero-order valence-corrected chi connectivity index (χ0v) is 15.4. The van der Waals surface area contributed by atoms with Crippen LogP contribution in [0.3, 0.4) is 0 Å². The Hall–Kier alpha value is -2.05. The molecule has 0 aliphatic carbocycles. The molecule has 1 amide bonds. The molecule has 144 valence electrons. The summed E-state index contributed by atoms with van der Waals surface area (Å²) >= 11 is 6.21. The molecule has 2 aromatic rings. The molecule has 27 heavy (non-hydrogen) atoms. The maximum absolute atomic E-state index is 12.6. The topological polar surface area (TPSA) is 32.3 Å². The van der Waals surface area contributed by atoms with Crippen LogP contribution < -0.4 is 5.32 Å². The SMILES string of the molecule is O=C(Nc1ccc(C(F)(F)F)cc1)[C@H]1CCCN(Cc2ccccc2Cl)C1. The molecule has 1 heterocycles. The van der Waals surface area contributed by atoms with Crippen LogP contribution >= 0.6 is 11.6 Å². The minimum Gasteiger partial charge on any atom is -0.326 e. The predicted molar refractivity (Wildman–Crippen MR) is 99.5 cm³/mol. The first kappa shape index (κ1) is 19.7. The Bertz CT molecular complexity index is 793. The Labute approximate surface area is 161 Å². The maximum atomic E-state index is 12.6. The molecule has 1 aliphatic heterocycles. The normalized spacial score (nSPS) is 18.3. The van der Waals surface area contributed by atoms with Crippen LogP contribution in [0.2, 0.25) is 5.02 Å². The lowest BCUT2D eigenvalue weighted by atomic mass is 9.96. The Balaban J connectivity index is 1.59. The summed E-state index contributed by atoms with van der Waals surface area (Å²) in [6.07, 6.45) is -2.74. The lowest BCUT2D eigenvalue weighted by Gasteiger charge is -2.32.